The molecule has 0 aromatic heterocycles. The van der Waals surface area contributed by atoms with Gasteiger partial charge in [0.1, 0.15) is 12.4 Å². The van der Waals surface area contributed by atoms with Gasteiger partial charge in [0.15, 0.2) is 0 Å². The molecule has 0 N–H and O–H groups in total. The second-order valence-electron chi connectivity index (χ2n) is 2.63. The van der Waals surface area contributed by atoms with E-state index in [1.165, 1.54) is 0 Å². The fourth-order valence-corrected chi connectivity index (χ4v) is 1.12. The maximum atomic E-state index is 11.2. The molecule has 0 saturated heterocycles. The highest BCUT2D eigenvalue weighted by Crippen LogP contribution is 2.18. The predicted molar refractivity (Wildman–Crippen MR) is 44.7 cm³/mol. The third kappa shape index (κ3) is 2.68. The average Bonchev–Trinajstić information content (AvgIpc) is 2.15. The highest BCUT2D eigenvalue weighted by Gasteiger charge is 2.00. The lowest BCUT2D eigenvalue weighted by Crippen LogP contribution is -1.92. The summed E-state index contributed by atoms with van der Waals surface area (Å²) in [4.78, 5) is 4.14. The van der Waals surface area contributed by atoms with Crippen molar-refractivity contribution in [2.45, 2.75) is 13.5 Å². The zero-order valence-electron chi connectivity index (χ0n) is 7.54. The van der Waals surface area contributed by atoms with Gasteiger partial charge in [-0.1, -0.05) is 6.07 Å². The Morgan fingerprint density at radius 2 is 2.15 bits per heavy atom. The first-order valence-corrected chi connectivity index (χ1v) is 3.81. The van der Waals surface area contributed by atoms with Crippen LogP contribution in [0.15, 0.2) is 18.2 Å². The monoisotopic (exact) mass is 186 g/mol. The van der Waals surface area contributed by atoms with Gasteiger partial charge in [-0.2, -0.15) is 4.89 Å². The van der Waals surface area contributed by atoms with Crippen LogP contribution in [0.1, 0.15) is 11.1 Å². The number of rotatable bonds is 4. The molecule has 4 heteroatoms. The van der Waals surface area contributed by atoms with E-state index in [9.17, 15) is 4.53 Å². The third-order valence-electron chi connectivity index (χ3n) is 1.73. The molecule has 0 spiro atoms. The van der Waals surface area contributed by atoms with Crippen LogP contribution in [0.2, 0.25) is 0 Å². The molecule has 1 rings (SSSR count). The van der Waals surface area contributed by atoms with Gasteiger partial charge in [-0.25, -0.2) is 0 Å². The molecule has 0 unspecified atom stereocenters. The lowest BCUT2D eigenvalue weighted by atomic mass is 10.1. The number of hydrogen-bond donors (Lipinski definition) is 0. The van der Waals surface area contributed by atoms with Gasteiger partial charge >= 0.3 is 0 Å². The van der Waals surface area contributed by atoms with E-state index in [-0.39, 0.29) is 6.61 Å². The maximum Gasteiger partial charge on any atom is 0.121 e. The van der Waals surface area contributed by atoms with Crippen LogP contribution in [0.4, 0.5) is 4.53 Å². The van der Waals surface area contributed by atoms with E-state index in [0.717, 1.165) is 16.9 Å². The molecule has 0 aliphatic heterocycles. The third-order valence-corrected chi connectivity index (χ3v) is 1.73. The molecule has 0 aliphatic carbocycles. The summed E-state index contributed by atoms with van der Waals surface area (Å²) in [5.74, 6) is 0.796. The minimum absolute atomic E-state index is 0.0847. The largest absolute Gasteiger partial charge is 0.496 e. The zero-order valence-corrected chi connectivity index (χ0v) is 7.54. The van der Waals surface area contributed by atoms with E-state index in [0.29, 0.717) is 0 Å². The van der Waals surface area contributed by atoms with E-state index in [4.69, 9.17) is 4.74 Å². The molecule has 72 valence electrons. The molecule has 1 aromatic rings. The second-order valence-corrected chi connectivity index (χ2v) is 2.63. The van der Waals surface area contributed by atoms with Crippen LogP contribution in [-0.2, 0) is 16.6 Å². The Balaban J connectivity index is 2.71. The van der Waals surface area contributed by atoms with Crippen LogP contribution < -0.4 is 4.74 Å². The summed E-state index contributed by atoms with van der Waals surface area (Å²) in [6.07, 6.45) is 0. The lowest BCUT2D eigenvalue weighted by Gasteiger charge is -2.05. The summed E-state index contributed by atoms with van der Waals surface area (Å²) in [6, 6.07) is 5.43. The molecule has 0 radical (unpaired) electrons. The first-order valence-electron chi connectivity index (χ1n) is 3.81. The summed E-state index contributed by atoms with van der Waals surface area (Å²) in [5, 5.41) is 3.01. The average molecular weight is 186 g/mol. The van der Waals surface area contributed by atoms with Crippen LogP contribution in [0.25, 0.3) is 0 Å². The topological polar surface area (TPSA) is 27.7 Å². The normalized spacial score (nSPS) is 10.1. The second kappa shape index (κ2) is 4.79. The number of methoxy groups -OCH3 is 1. The quantitative estimate of drug-likeness (QED) is 0.533. The van der Waals surface area contributed by atoms with E-state index in [1.54, 1.807) is 19.2 Å². The molecule has 0 heterocycles. The van der Waals surface area contributed by atoms with Crippen molar-refractivity contribution in [3.63, 3.8) is 0 Å². The molecule has 0 saturated carbocycles. The van der Waals surface area contributed by atoms with Gasteiger partial charge < -0.3 is 4.74 Å². The smallest absolute Gasteiger partial charge is 0.121 e. The van der Waals surface area contributed by atoms with Crippen LogP contribution in [-0.4, -0.2) is 7.11 Å². The van der Waals surface area contributed by atoms with Crippen molar-refractivity contribution in [3.8, 4) is 5.75 Å². The molecule has 1 aromatic carbocycles. The molecule has 0 bridgehead atoms. The van der Waals surface area contributed by atoms with Crippen LogP contribution in [0.3, 0.4) is 0 Å². The summed E-state index contributed by atoms with van der Waals surface area (Å²) in [7, 11) is 1.60. The Hall–Kier alpha value is -1.13. The molecular formula is C9H11FO3. The summed E-state index contributed by atoms with van der Waals surface area (Å²) < 4.78 is 16.2. The highest BCUT2D eigenvalue weighted by atomic mass is 19.3. The summed E-state index contributed by atoms with van der Waals surface area (Å²) in [6.45, 7) is 1.99. The first-order chi connectivity index (χ1) is 6.27. The van der Waals surface area contributed by atoms with Crippen LogP contribution in [0, 0.1) is 6.92 Å². The number of ether oxygens (including phenoxy) is 1. The van der Waals surface area contributed by atoms with Crippen molar-refractivity contribution < 1.29 is 19.2 Å². The Bertz CT molecular complexity index is 276. The van der Waals surface area contributed by atoms with Crippen molar-refractivity contribution >= 4 is 0 Å². The van der Waals surface area contributed by atoms with E-state index < -0.39 is 0 Å². The SMILES string of the molecule is COc1ccc(COOF)cc1C. The van der Waals surface area contributed by atoms with Crippen LogP contribution in [0.5, 0.6) is 5.75 Å². The predicted octanol–water partition coefficient (Wildman–Crippen LogP) is 2.34. The number of benzene rings is 1. The Morgan fingerprint density at radius 3 is 2.69 bits per heavy atom. The van der Waals surface area contributed by atoms with Gasteiger partial charge in [-0.05, 0) is 39.8 Å². The summed E-state index contributed by atoms with van der Waals surface area (Å²) in [5.41, 5.74) is 1.80. The van der Waals surface area contributed by atoms with E-state index >= 15 is 0 Å². The van der Waals surface area contributed by atoms with Gasteiger partial charge in [0.25, 0.3) is 0 Å². The van der Waals surface area contributed by atoms with E-state index in [2.05, 4.69) is 9.98 Å². The number of halogens is 1. The van der Waals surface area contributed by atoms with Gasteiger partial charge in [-0.3, -0.25) is 0 Å². The molecule has 0 fully saturated rings. The molecular weight excluding hydrogens is 175 g/mol. The van der Waals surface area contributed by atoms with Crippen molar-refractivity contribution in [2.24, 2.45) is 0 Å². The van der Waals surface area contributed by atoms with Gasteiger partial charge in [0.05, 0.1) is 7.11 Å². The van der Waals surface area contributed by atoms with Crippen LogP contribution >= 0.6 is 0 Å². The minimum Gasteiger partial charge on any atom is -0.496 e. The molecule has 0 atom stereocenters. The Labute approximate surface area is 75.9 Å². The van der Waals surface area contributed by atoms with Crippen molar-refractivity contribution in [1.29, 1.82) is 0 Å². The van der Waals surface area contributed by atoms with Crippen molar-refractivity contribution in [1.82, 2.24) is 0 Å². The minimum atomic E-state index is 0.0847. The Kier molecular flexibility index (Phi) is 3.67. The highest BCUT2D eigenvalue weighted by molar-refractivity contribution is 5.35. The maximum absolute atomic E-state index is 11.2. The first kappa shape index (κ1) is 9.95. The molecule has 0 aliphatic rings. The zero-order chi connectivity index (χ0) is 9.68. The fourth-order valence-electron chi connectivity index (χ4n) is 1.12. The number of hydrogen-bond acceptors (Lipinski definition) is 3. The molecule has 0 amide bonds. The van der Waals surface area contributed by atoms with Crippen molar-refractivity contribution in [3.05, 3.63) is 29.3 Å². The summed E-state index contributed by atoms with van der Waals surface area (Å²) >= 11 is 0. The molecule has 13 heavy (non-hydrogen) atoms. The lowest BCUT2D eigenvalue weighted by molar-refractivity contribution is -0.436. The Morgan fingerprint density at radius 1 is 1.38 bits per heavy atom. The fraction of sp³-hybridized carbons (Fsp3) is 0.333. The standard InChI is InChI=1S/C9H11FO3/c1-7-5-8(6-12-13-10)3-4-9(7)11-2/h3-5H,6H2,1-2H3. The van der Waals surface area contributed by atoms with Gasteiger partial charge in [0.2, 0.25) is 0 Å². The van der Waals surface area contributed by atoms with Crippen molar-refractivity contribution in [2.75, 3.05) is 7.11 Å². The van der Waals surface area contributed by atoms with Gasteiger partial charge in [0, 0.05) is 0 Å². The number of aryl methyl sites for hydroxylation is 1. The van der Waals surface area contributed by atoms with E-state index in [1.807, 2.05) is 13.0 Å². The van der Waals surface area contributed by atoms with Gasteiger partial charge in [-0.15, -0.1) is 0 Å². The molecule has 3 nitrogen and oxygen atoms in total.